The van der Waals surface area contributed by atoms with Crippen LogP contribution >= 0.6 is 15.9 Å². The van der Waals surface area contributed by atoms with Gasteiger partial charge in [-0.25, -0.2) is 0 Å². The van der Waals surface area contributed by atoms with Gasteiger partial charge in [0.1, 0.15) is 29.4 Å². The summed E-state index contributed by atoms with van der Waals surface area (Å²) in [4.78, 5) is 0. The van der Waals surface area contributed by atoms with Gasteiger partial charge in [0.25, 0.3) is 0 Å². The van der Waals surface area contributed by atoms with Crippen molar-refractivity contribution in [3.63, 3.8) is 0 Å². The minimum atomic E-state index is -0.422. The molecular weight excluding hydrogens is 568 g/mol. The monoisotopic (exact) mass is 602 g/mol. The third-order valence-electron chi connectivity index (χ3n) is 6.83. The fourth-order valence-electron chi connectivity index (χ4n) is 4.73. The van der Waals surface area contributed by atoms with Gasteiger partial charge >= 0.3 is 0 Å². The van der Waals surface area contributed by atoms with E-state index in [1.54, 1.807) is 0 Å². The molecule has 0 radical (unpaired) electrons. The van der Waals surface area contributed by atoms with Crippen LogP contribution in [0.2, 0.25) is 0 Å². The molecule has 0 aliphatic carbocycles. The van der Waals surface area contributed by atoms with Gasteiger partial charge in [0.2, 0.25) is 0 Å². The minimum Gasteiger partial charge on any atom is -0.374 e. The van der Waals surface area contributed by atoms with Crippen molar-refractivity contribution < 1.29 is 23.7 Å². The molecule has 0 unspecified atom stereocenters. The summed E-state index contributed by atoms with van der Waals surface area (Å²) in [6.07, 6.45) is -1.60. The Morgan fingerprint density at radius 3 is 1.30 bits per heavy atom. The van der Waals surface area contributed by atoms with E-state index in [1.165, 1.54) is 0 Å². The van der Waals surface area contributed by atoms with Gasteiger partial charge in [-0.3, -0.25) is 0 Å². The topological polar surface area (TPSA) is 46.2 Å². The van der Waals surface area contributed by atoms with Crippen LogP contribution in [0.5, 0.6) is 0 Å². The van der Waals surface area contributed by atoms with E-state index >= 15 is 0 Å². The lowest BCUT2D eigenvalue weighted by atomic mass is 9.99. The van der Waals surface area contributed by atoms with E-state index in [-0.39, 0.29) is 6.10 Å². The van der Waals surface area contributed by atoms with E-state index in [1.807, 2.05) is 72.8 Å². The van der Waals surface area contributed by atoms with E-state index in [4.69, 9.17) is 23.7 Å². The summed E-state index contributed by atoms with van der Waals surface area (Å²) in [6.45, 7) is 2.13. The second-order valence-corrected chi connectivity index (χ2v) is 10.7. The quantitative estimate of drug-likeness (QED) is 0.153. The highest BCUT2D eigenvalue weighted by atomic mass is 79.9. The average molecular weight is 604 g/mol. The molecule has 1 fully saturated rings. The predicted molar refractivity (Wildman–Crippen MR) is 159 cm³/mol. The highest BCUT2D eigenvalue weighted by Crippen LogP contribution is 2.33. The van der Waals surface area contributed by atoms with Crippen LogP contribution < -0.4 is 0 Å². The molecule has 1 aliphatic heterocycles. The molecule has 0 saturated carbocycles. The molecule has 0 N–H and O–H groups in total. The Morgan fingerprint density at radius 1 is 0.475 bits per heavy atom. The van der Waals surface area contributed by atoms with E-state index in [2.05, 4.69) is 64.5 Å². The van der Waals surface area contributed by atoms with Crippen molar-refractivity contribution in [3.8, 4) is 0 Å². The zero-order valence-electron chi connectivity index (χ0n) is 22.4. The van der Waals surface area contributed by atoms with Crippen LogP contribution in [0.25, 0.3) is 0 Å². The predicted octanol–water partition coefficient (Wildman–Crippen LogP) is 7.08. The van der Waals surface area contributed by atoms with Gasteiger partial charge < -0.3 is 23.7 Å². The largest absolute Gasteiger partial charge is 0.374 e. The molecule has 5 nitrogen and oxygen atoms in total. The zero-order chi connectivity index (χ0) is 27.4. The van der Waals surface area contributed by atoms with E-state index < -0.39 is 23.3 Å². The molecule has 0 bridgehead atoms. The summed E-state index contributed by atoms with van der Waals surface area (Å²) >= 11 is 3.76. The summed E-state index contributed by atoms with van der Waals surface area (Å²) in [5.41, 5.74) is 4.35. The lowest BCUT2D eigenvalue weighted by molar-refractivity contribution is -0.253. The van der Waals surface area contributed by atoms with Crippen LogP contribution in [0.4, 0.5) is 0 Å². The Labute approximate surface area is 245 Å². The lowest BCUT2D eigenvalue weighted by Gasteiger charge is -2.44. The first-order valence-corrected chi connectivity index (χ1v) is 14.6. The van der Waals surface area contributed by atoms with Crippen molar-refractivity contribution in [2.45, 2.75) is 55.9 Å². The Morgan fingerprint density at radius 2 is 0.850 bits per heavy atom. The Kier molecular flexibility index (Phi) is 10.9. The van der Waals surface area contributed by atoms with Crippen molar-refractivity contribution in [2.24, 2.45) is 0 Å². The first-order valence-electron chi connectivity index (χ1n) is 13.6. The Bertz CT molecular complexity index is 1240. The maximum absolute atomic E-state index is 6.62. The summed E-state index contributed by atoms with van der Waals surface area (Å²) in [5.74, 6) is 0. The van der Waals surface area contributed by atoms with Crippen LogP contribution in [0.15, 0.2) is 121 Å². The molecule has 1 saturated heterocycles. The van der Waals surface area contributed by atoms with E-state index in [0.29, 0.717) is 33.0 Å². The molecule has 5 atom stereocenters. The SMILES string of the molecule is Br[C@@H]1O[C@H](COCc2ccccc2)[C@@H](OCc2ccccc2)[C@H](OCc2ccccc2)[C@@H]1OCc1ccccc1. The molecule has 4 aromatic carbocycles. The first-order chi connectivity index (χ1) is 19.8. The third-order valence-corrected chi connectivity index (χ3v) is 7.56. The average Bonchev–Trinajstić information content (AvgIpc) is 3.01. The van der Waals surface area contributed by atoms with Crippen molar-refractivity contribution in [3.05, 3.63) is 144 Å². The number of benzene rings is 4. The molecule has 40 heavy (non-hydrogen) atoms. The molecule has 0 amide bonds. The molecule has 5 rings (SSSR count). The van der Waals surface area contributed by atoms with Gasteiger partial charge in [0.05, 0.1) is 33.0 Å². The number of ether oxygens (including phenoxy) is 5. The minimum absolute atomic E-state index is 0.354. The molecule has 0 aromatic heterocycles. The third kappa shape index (κ3) is 8.33. The normalized spacial score (nSPS) is 22.7. The zero-order valence-corrected chi connectivity index (χ0v) is 24.0. The van der Waals surface area contributed by atoms with Gasteiger partial charge in [0, 0.05) is 0 Å². The Balaban J connectivity index is 1.36. The highest BCUT2D eigenvalue weighted by Gasteiger charge is 2.47. The fraction of sp³-hybridized carbons (Fsp3) is 0.294. The van der Waals surface area contributed by atoms with E-state index in [0.717, 1.165) is 22.3 Å². The van der Waals surface area contributed by atoms with Gasteiger partial charge in [-0.2, -0.15) is 0 Å². The van der Waals surface area contributed by atoms with Gasteiger partial charge in [-0.05, 0) is 22.3 Å². The molecular formula is C34H35BrO5. The molecule has 6 heteroatoms. The molecule has 0 spiro atoms. The second kappa shape index (κ2) is 15.2. The second-order valence-electron chi connectivity index (χ2n) is 9.81. The molecule has 4 aromatic rings. The van der Waals surface area contributed by atoms with Crippen LogP contribution in [-0.4, -0.2) is 36.0 Å². The molecule has 208 valence electrons. The maximum atomic E-state index is 6.62. The van der Waals surface area contributed by atoms with Crippen molar-refractivity contribution >= 4 is 15.9 Å². The number of halogens is 1. The fourth-order valence-corrected chi connectivity index (χ4v) is 5.46. The smallest absolute Gasteiger partial charge is 0.141 e. The summed E-state index contributed by atoms with van der Waals surface area (Å²) in [7, 11) is 0. The van der Waals surface area contributed by atoms with Gasteiger partial charge in [-0.15, -0.1) is 0 Å². The summed E-state index contributed by atoms with van der Waals surface area (Å²) < 4.78 is 32.3. The summed E-state index contributed by atoms with van der Waals surface area (Å²) in [5, 5.41) is -0.404. The number of alkyl halides is 1. The number of hydrogen-bond acceptors (Lipinski definition) is 5. The first kappa shape index (κ1) is 28.7. The standard InChI is InChI=1S/C34H35BrO5/c35-34-33(39-24-29-19-11-4-12-20-29)32(38-23-28-17-9-3-10-18-28)31(37-22-27-15-7-2-8-16-27)30(40-34)25-36-21-26-13-5-1-6-14-26/h1-20,30-34H,21-25H2/t30-,31-,32+,33+,34-/m1/s1. The lowest BCUT2D eigenvalue weighted by Crippen LogP contribution is -2.59. The van der Waals surface area contributed by atoms with Crippen molar-refractivity contribution in [1.82, 2.24) is 0 Å². The van der Waals surface area contributed by atoms with E-state index in [9.17, 15) is 0 Å². The van der Waals surface area contributed by atoms with Crippen LogP contribution in [0.1, 0.15) is 22.3 Å². The molecule has 1 heterocycles. The Hall–Kier alpha value is -2.84. The number of rotatable bonds is 13. The van der Waals surface area contributed by atoms with Crippen LogP contribution in [0.3, 0.4) is 0 Å². The number of hydrogen-bond donors (Lipinski definition) is 0. The van der Waals surface area contributed by atoms with Crippen molar-refractivity contribution in [1.29, 1.82) is 0 Å². The van der Waals surface area contributed by atoms with Crippen LogP contribution in [-0.2, 0) is 50.1 Å². The van der Waals surface area contributed by atoms with Crippen molar-refractivity contribution in [2.75, 3.05) is 6.61 Å². The summed E-state index contributed by atoms with van der Waals surface area (Å²) in [6, 6.07) is 40.6. The van der Waals surface area contributed by atoms with Crippen LogP contribution in [0, 0.1) is 0 Å². The molecule has 1 aliphatic rings. The van der Waals surface area contributed by atoms with Gasteiger partial charge in [0.15, 0.2) is 0 Å². The maximum Gasteiger partial charge on any atom is 0.141 e. The highest BCUT2D eigenvalue weighted by molar-refractivity contribution is 9.09. The van der Waals surface area contributed by atoms with Gasteiger partial charge in [-0.1, -0.05) is 137 Å².